The minimum Gasteiger partial charge on any atom is -0.598 e. The molecule has 0 fully saturated rings. The molecule has 0 saturated carbocycles. The molecule has 0 radical (unpaired) electrons. The Morgan fingerprint density at radius 2 is 1.95 bits per heavy atom. The normalized spacial score (nSPS) is 15.2. The van der Waals surface area contributed by atoms with Gasteiger partial charge in [-0.15, -0.1) is 4.72 Å². The molecule has 0 aliphatic rings. The Labute approximate surface area is 118 Å². The number of rotatable bonds is 5. The Bertz CT molecular complexity index is 455. The summed E-state index contributed by atoms with van der Waals surface area (Å²) >= 11 is -1.52. The van der Waals surface area contributed by atoms with E-state index >= 15 is 0 Å². The van der Waals surface area contributed by atoms with Crippen LogP contribution in [0.15, 0.2) is 18.2 Å². The first-order chi connectivity index (χ1) is 9.11. The van der Waals surface area contributed by atoms with Crippen LogP contribution in [0.4, 0.5) is 13.2 Å². The third-order valence-electron chi connectivity index (χ3n) is 2.32. The van der Waals surface area contributed by atoms with Crippen molar-refractivity contribution in [3.05, 3.63) is 29.6 Å². The number of nitrogens with one attached hydrogen (secondary N) is 1. The number of benzene rings is 1. The van der Waals surface area contributed by atoms with E-state index in [1.165, 1.54) is 0 Å². The molecule has 3 N–H and O–H groups in total. The Morgan fingerprint density at radius 3 is 2.45 bits per heavy atom. The summed E-state index contributed by atoms with van der Waals surface area (Å²) in [5.74, 6) is -0.910. The van der Waals surface area contributed by atoms with Gasteiger partial charge in [-0.25, -0.2) is 4.39 Å². The van der Waals surface area contributed by atoms with Crippen LogP contribution < -0.4 is 15.2 Å². The molecule has 20 heavy (non-hydrogen) atoms. The lowest BCUT2D eigenvalue weighted by molar-refractivity contribution is -0.0499. The molecule has 0 aliphatic carbocycles. The van der Waals surface area contributed by atoms with E-state index in [1.807, 2.05) is 0 Å². The Balaban J connectivity index is 2.89. The molecule has 4 nitrogen and oxygen atoms in total. The molecule has 0 amide bonds. The maximum Gasteiger partial charge on any atom is 0.387 e. The van der Waals surface area contributed by atoms with Crippen LogP contribution in [0.2, 0.25) is 0 Å². The van der Waals surface area contributed by atoms with Crippen molar-refractivity contribution in [1.29, 1.82) is 0 Å². The van der Waals surface area contributed by atoms with Gasteiger partial charge in [-0.2, -0.15) is 8.78 Å². The SMILES string of the molecule is CC(C)(C)[S+]([O-])N[C@@H](N)c1cc(OC(F)F)ccc1F. The zero-order valence-electron chi connectivity index (χ0n) is 11.3. The van der Waals surface area contributed by atoms with Crippen molar-refractivity contribution < 1.29 is 22.5 Å². The van der Waals surface area contributed by atoms with Crippen molar-refractivity contribution >= 4 is 11.4 Å². The molecule has 0 bridgehead atoms. The van der Waals surface area contributed by atoms with Crippen LogP contribution in [0.25, 0.3) is 0 Å². The molecule has 1 aromatic carbocycles. The van der Waals surface area contributed by atoms with Gasteiger partial charge < -0.3 is 15.0 Å². The van der Waals surface area contributed by atoms with Gasteiger partial charge in [0.15, 0.2) is 0 Å². The summed E-state index contributed by atoms with van der Waals surface area (Å²) in [6.45, 7) is 2.14. The largest absolute Gasteiger partial charge is 0.598 e. The highest BCUT2D eigenvalue weighted by molar-refractivity contribution is 7.90. The van der Waals surface area contributed by atoms with Crippen molar-refractivity contribution in [2.45, 2.75) is 38.3 Å². The predicted molar refractivity (Wildman–Crippen MR) is 71.0 cm³/mol. The van der Waals surface area contributed by atoms with E-state index in [1.54, 1.807) is 20.8 Å². The van der Waals surface area contributed by atoms with Gasteiger partial charge in [0.2, 0.25) is 0 Å². The second-order valence-corrected chi connectivity index (χ2v) is 7.04. The molecular formula is C12H17F3N2O2S. The third-order valence-corrected chi connectivity index (χ3v) is 3.90. The maximum absolute atomic E-state index is 13.6. The molecule has 0 aromatic heterocycles. The van der Waals surface area contributed by atoms with E-state index in [4.69, 9.17) is 5.73 Å². The Morgan fingerprint density at radius 1 is 1.35 bits per heavy atom. The topological polar surface area (TPSA) is 70.3 Å². The van der Waals surface area contributed by atoms with Crippen LogP contribution in [0.3, 0.4) is 0 Å². The van der Waals surface area contributed by atoms with E-state index in [2.05, 4.69) is 9.46 Å². The van der Waals surface area contributed by atoms with Gasteiger partial charge in [-0.1, -0.05) is 0 Å². The average molecular weight is 310 g/mol. The molecule has 1 rings (SSSR count). The van der Waals surface area contributed by atoms with Gasteiger partial charge in [-0.05, 0) is 39.0 Å². The lowest BCUT2D eigenvalue weighted by atomic mass is 10.1. The van der Waals surface area contributed by atoms with Gasteiger partial charge in [0, 0.05) is 16.9 Å². The molecule has 0 heterocycles. The van der Waals surface area contributed by atoms with Crippen LogP contribution >= 0.6 is 0 Å². The molecule has 0 spiro atoms. The second-order valence-electron chi connectivity index (χ2n) is 5.04. The molecule has 2 atom stereocenters. The highest BCUT2D eigenvalue weighted by atomic mass is 32.2. The highest BCUT2D eigenvalue weighted by Gasteiger charge is 2.29. The monoisotopic (exact) mass is 310 g/mol. The summed E-state index contributed by atoms with van der Waals surface area (Å²) in [5.41, 5.74) is 5.61. The average Bonchev–Trinajstić information content (AvgIpc) is 2.29. The molecule has 0 saturated heterocycles. The fourth-order valence-corrected chi connectivity index (χ4v) is 2.00. The molecule has 1 unspecified atom stereocenters. The predicted octanol–water partition coefficient (Wildman–Crippen LogP) is 2.44. The quantitative estimate of drug-likeness (QED) is 0.647. The van der Waals surface area contributed by atoms with Gasteiger partial charge >= 0.3 is 6.61 Å². The van der Waals surface area contributed by atoms with Gasteiger partial charge in [0.1, 0.15) is 22.5 Å². The van der Waals surface area contributed by atoms with Crippen molar-refractivity contribution in [2.24, 2.45) is 5.73 Å². The summed E-state index contributed by atoms with van der Waals surface area (Å²) in [7, 11) is 0. The highest BCUT2D eigenvalue weighted by Crippen LogP contribution is 2.24. The van der Waals surface area contributed by atoms with Gasteiger partial charge in [0.05, 0.1) is 0 Å². The smallest absolute Gasteiger partial charge is 0.387 e. The summed E-state index contributed by atoms with van der Waals surface area (Å²) in [6, 6.07) is 3.09. The van der Waals surface area contributed by atoms with Crippen LogP contribution in [0, 0.1) is 5.82 Å². The summed E-state index contributed by atoms with van der Waals surface area (Å²) in [6.07, 6.45) is -1.10. The summed E-state index contributed by atoms with van der Waals surface area (Å²) in [5, 5.41) is 0. The fraction of sp³-hybridized carbons (Fsp3) is 0.500. The van der Waals surface area contributed by atoms with Crippen LogP contribution in [-0.4, -0.2) is 15.9 Å². The number of hydrogen-bond donors (Lipinski definition) is 2. The fourth-order valence-electron chi connectivity index (χ4n) is 1.29. The number of alkyl halides is 2. The first-order valence-corrected chi connectivity index (χ1v) is 6.94. The zero-order chi connectivity index (χ0) is 15.5. The van der Waals surface area contributed by atoms with Crippen LogP contribution in [0.5, 0.6) is 5.75 Å². The van der Waals surface area contributed by atoms with E-state index < -0.39 is 34.7 Å². The number of hydrogen-bond acceptors (Lipinski definition) is 4. The van der Waals surface area contributed by atoms with E-state index in [-0.39, 0.29) is 11.3 Å². The van der Waals surface area contributed by atoms with Crippen LogP contribution in [0.1, 0.15) is 32.5 Å². The van der Waals surface area contributed by atoms with E-state index in [0.29, 0.717) is 0 Å². The first kappa shape index (κ1) is 17.1. The molecule has 114 valence electrons. The van der Waals surface area contributed by atoms with Crippen molar-refractivity contribution in [3.8, 4) is 5.75 Å². The lowest BCUT2D eigenvalue weighted by Crippen LogP contribution is -2.44. The second kappa shape index (κ2) is 6.66. The number of ether oxygens (including phenoxy) is 1. The standard InChI is InChI=1S/C12H17F3N2O2S/c1-12(2,3)20(18)17-10(16)8-6-7(19-11(14)15)4-5-9(8)13/h4-6,10-11,17H,16H2,1-3H3/t10-,20?/m1/s1. The first-order valence-electron chi connectivity index (χ1n) is 5.79. The van der Waals surface area contributed by atoms with Gasteiger partial charge in [-0.3, -0.25) is 0 Å². The third kappa shape index (κ3) is 4.86. The summed E-state index contributed by atoms with van der Waals surface area (Å²) in [4.78, 5) is 0. The minimum absolute atomic E-state index is 0.0965. The van der Waals surface area contributed by atoms with E-state index in [0.717, 1.165) is 18.2 Å². The van der Waals surface area contributed by atoms with Crippen molar-refractivity contribution in [3.63, 3.8) is 0 Å². The van der Waals surface area contributed by atoms with Crippen molar-refractivity contribution in [2.75, 3.05) is 0 Å². The summed E-state index contributed by atoms with van der Waals surface area (Å²) < 4.78 is 55.8. The lowest BCUT2D eigenvalue weighted by Gasteiger charge is -2.26. The molecule has 8 heteroatoms. The van der Waals surface area contributed by atoms with Crippen LogP contribution in [-0.2, 0) is 11.4 Å². The molecule has 0 aliphatic heterocycles. The van der Waals surface area contributed by atoms with E-state index in [9.17, 15) is 17.7 Å². The minimum atomic E-state index is -3.01. The maximum atomic E-state index is 13.6. The number of halogens is 3. The molecular weight excluding hydrogens is 293 g/mol. The zero-order valence-corrected chi connectivity index (χ0v) is 12.1. The number of nitrogens with two attached hydrogens (primary N) is 1. The van der Waals surface area contributed by atoms with Crippen molar-refractivity contribution in [1.82, 2.24) is 4.72 Å². The Kier molecular flexibility index (Phi) is 5.69. The van der Waals surface area contributed by atoms with Gasteiger partial charge in [0.25, 0.3) is 0 Å². The molecule has 1 aromatic rings. The Hall–Kier alpha value is -0.960.